The van der Waals surface area contributed by atoms with Crippen molar-refractivity contribution in [1.82, 2.24) is 15.1 Å². The van der Waals surface area contributed by atoms with Crippen LogP contribution in [0.2, 0.25) is 0 Å². The highest BCUT2D eigenvalue weighted by Crippen LogP contribution is 2.08. The number of aromatic nitrogens is 2. The topological polar surface area (TPSA) is 64.0 Å². The fourth-order valence-electron chi connectivity index (χ4n) is 2.21. The lowest BCUT2D eigenvalue weighted by molar-refractivity contribution is -0.121. The van der Waals surface area contributed by atoms with Crippen LogP contribution in [0.5, 0.6) is 0 Å². The van der Waals surface area contributed by atoms with E-state index in [4.69, 9.17) is 0 Å². The van der Waals surface area contributed by atoms with Crippen LogP contribution >= 0.6 is 11.3 Å². The third-order valence-electron chi connectivity index (χ3n) is 3.33. The predicted molar refractivity (Wildman–Crippen MR) is 87.0 cm³/mol. The molecule has 0 unspecified atom stereocenters. The van der Waals surface area contributed by atoms with Gasteiger partial charge in [-0.1, -0.05) is 24.3 Å². The highest BCUT2D eigenvalue weighted by molar-refractivity contribution is 7.09. The molecule has 0 aliphatic rings. The Labute approximate surface area is 131 Å². The summed E-state index contributed by atoms with van der Waals surface area (Å²) in [5.74, 6) is -0.207. The normalized spacial score (nSPS) is 10.7. The SMILES string of the molecule is O=C(Cn1ncc2ccccc2c1=O)NCCc1cccs1. The molecule has 2 heterocycles. The molecule has 1 amide bonds. The highest BCUT2D eigenvalue weighted by Gasteiger charge is 2.08. The minimum atomic E-state index is -0.244. The van der Waals surface area contributed by atoms with E-state index in [-0.39, 0.29) is 18.0 Å². The van der Waals surface area contributed by atoms with E-state index in [1.54, 1.807) is 29.7 Å². The van der Waals surface area contributed by atoms with Gasteiger partial charge in [0.25, 0.3) is 5.56 Å². The molecule has 2 aromatic heterocycles. The number of amides is 1. The fraction of sp³-hybridized carbons (Fsp3) is 0.188. The molecule has 0 bridgehead atoms. The lowest BCUT2D eigenvalue weighted by Crippen LogP contribution is -2.34. The highest BCUT2D eigenvalue weighted by atomic mass is 32.1. The van der Waals surface area contributed by atoms with Crippen LogP contribution in [0, 0.1) is 0 Å². The quantitative estimate of drug-likeness (QED) is 0.781. The van der Waals surface area contributed by atoms with Gasteiger partial charge in [-0.15, -0.1) is 11.3 Å². The number of nitrogens with zero attached hydrogens (tertiary/aromatic N) is 2. The first-order chi connectivity index (χ1) is 10.7. The number of carbonyl (C=O) groups excluding carboxylic acids is 1. The van der Waals surface area contributed by atoms with Crippen LogP contribution in [0.4, 0.5) is 0 Å². The summed E-state index contributed by atoms with van der Waals surface area (Å²) in [5, 5.41) is 10.2. The van der Waals surface area contributed by atoms with Crippen molar-refractivity contribution in [3.8, 4) is 0 Å². The second-order valence-electron chi connectivity index (χ2n) is 4.87. The van der Waals surface area contributed by atoms with Crippen molar-refractivity contribution in [3.05, 3.63) is 63.2 Å². The molecule has 0 aliphatic heterocycles. The number of thiophene rings is 1. The molecule has 112 valence electrons. The Morgan fingerprint density at radius 3 is 2.91 bits per heavy atom. The van der Waals surface area contributed by atoms with E-state index in [2.05, 4.69) is 10.4 Å². The van der Waals surface area contributed by atoms with E-state index < -0.39 is 0 Å². The zero-order valence-corrected chi connectivity index (χ0v) is 12.7. The van der Waals surface area contributed by atoms with Crippen molar-refractivity contribution < 1.29 is 4.79 Å². The molecule has 0 aliphatic carbocycles. The van der Waals surface area contributed by atoms with Crippen molar-refractivity contribution in [1.29, 1.82) is 0 Å². The van der Waals surface area contributed by atoms with Crippen LogP contribution in [0.15, 0.2) is 52.8 Å². The monoisotopic (exact) mass is 313 g/mol. The maximum atomic E-state index is 12.2. The van der Waals surface area contributed by atoms with Crippen LogP contribution in [0.3, 0.4) is 0 Å². The number of carbonyl (C=O) groups is 1. The largest absolute Gasteiger partial charge is 0.354 e. The molecule has 1 aromatic carbocycles. The lowest BCUT2D eigenvalue weighted by Gasteiger charge is -2.07. The van der Waals surface area contributed by atoms with Gasteiger partial charge in [0.2, 0.25) is 5.91 Å². The van der Waals surface area contributed by atoms with Crippen molar-refractivity contribution in [3.63, 3.8) is 0 Å². The Morgan fingerprint density at radius 2 is 2.09 bits per heavy atom. The van der Waals surface area contributed by atoms with Crippen molar-refractivity contribution >= 4 is 28.0 Å². The van der Waals surface area contributed by atoms with Gasteiger partial charge in [-0.25, -0.2) is 4.68 Å². The number of hydrogen-bond donors (Lipinski definition) is 1. The molecule has 0 spiro atoms. The van der Waals surface area contributed by atoms with Crippen molar-refractivity contribution in [2.75, 3.05) is 6.54 Å². The van der Waals surface area contributed by atoms with Crippen LogP contribution in [-0.2, 0) is 17.8 Å². The number of nitrogens with one attached hydrogen (secondary N) is 1. The molecule has 0 atom stereocenters. The molecule has 0 fully saturated rings. The summed E-state index contributed by atoms with van der Waals surface area (Å²) < 4.78 is 1.20. The molecule has 3 rings (SSSR count). The van der Waals surface area contributed by atoms with Gasteiger partial charge >= 0.3 is 0 Å². The van der Waals surface area contributed by atoms with Gasteiger partial charge in [-0.2, -0.15) is 5.10 Å². The average molecular weight is 313 g/mol. The molecule has 0 saturated carbocycles. The smallest absolute Gasteiger partial charge is 0.275 e. The molecule has 3 aromatic rings. The van der Waals surface area contributed by atoms with E-state index in [0.717, 1.165) is 11.8 Å². The van der Waals surface area contributed by atoms with E-state index in [0.29, 0.717) is 11.9 Å². The summed E-state index contributed by atoms with van der Waals surface area (Å²) in [6.45, 7) is 0.496. The second kappa shape index (κ2) is 6.53. The van der Waals surface area contributed by atoms with Gasteiger partial charge < -0.3 is 5.32 Å². The number of rotatable bonds is 5. The first kappa shape index (κ1) is 14.5. The van der Waals surface area contributed by atoms with Crippen LogP contribution in [0.1, 0.15) is 4.88 Å². The minimum absolute atomic E-state index is 0.0614. The third-order valence-corrected chi connectivity index (χ3v) is 4.27. The zero-order chi connectivity index (χ0) is 15.4. The maximum absolute atomic E-state index is 12.2. The summed E-state index contributed by atoms with van der Waals surface area (Å²) in [7, 11) is 0. The van der Waals surface area contributed by atoms with Gasteiger partial charge in [0.1, 0.15) is 6.54 Å². The van der Waals surface area contributed by atoms with Gasteiger partial charge in [0, 0.05) is 16.8 Å². The number of fused-ring (bicyclic) bond motifs is 1. The molecule has 0 saturated heterocycles. The Bertz CT molecular complexity index is 840. The Balaban J connectivity index is 1.64. The van der Waals surface area contributed by atoms with Crippen LogP contribution in [-0.4, -0.2) is 22.2 Å². The van der Waals surface area contributed by atoms with Crippen LogP contribution < -0.4 is 10.9 Å². The molecular formula is C16H15N3O2S. The van der Waals surface area contributed by atoms with E-state index in [1.165, 1.54) is 9.56 Å². The fourth-order valence-corrected chi connectivity index (χ4v) is 2.92. The predicted octanol–water partition coefficient (Wildman–Crippen LogP) is 1.82. The molecule has 5 nitrogen and oxygen atoms in total. The van der Waals surface area contributed by atoms with E-state index in [1.807, 2.05) is 29.6 Å². The molecule has 1 N–H and O–H groups in total. The van der Waals surface area contributed by atoms with E-state index in [9.17, 15) is 9.59 Å². The summed E-state index contributed by atoms with van der Waals surface area (Å²) in [6.07, 6.45) is 2.40. The van der Waals surface area contributed by atoms with Gasteiger partial charge in [-0.3, -0.25) is 9.59 Å². The van der Waals surface area contributed by atoms with Gasteiger partial charge in [-0.05, 0) is 23.9 Å². The Morgan fingerprint density at radius 1 is 1.23 bits per heavy atom. The average Bonchev–Trinajstić information content (AvgIpc) is 3.04. The zero-order valence-electron chi connectivity index (χ0n) is 11.9. The third kappa shape index (κ3) is 3.23. The molecule has 6 heteroatoms. The number of benzene rings is 1. The van der Waals surface area contributed by atoms with Crippen molar-refractivity contribution in [2.45, 2.75) is 13.0 Å². The molecular weight excluding hydrogens is 298 g/mol. The van der Waals surface area contributed by atoms with Gasteiger partial charge in [0.15, 0.2) is 0 Å². The molecule has 0 radical (unpaired) electrons. The lowest BCUT2D eigenvalue weighted by atomic mass is 10.2. The summed E-state index contributed by atoms with van der Waals surface area (Å²) in [5.41, 5.74) is -0.244. The van der Waals surface area contributed by atoms with Gasteiger partial charge in [0.05, 0.1) is 11.6 Å². The first-order valence-electron chi connectivity index (χ1n) is 6.98. The van der Waals surface area contributed by atoms with E-state index >= 15 is 0 Å². The summed E-state index contributed by atoms with van der Waals surface area (Å²) in [4.78, 5) is 25.4. The molecule has 22 heavy (non-hydrogen) atoms. The van der Waals surface area contributed by atoms with Crippen LogP contribution in [0.25, 0.3) is 10.8 Å². The van der Waals surface area contributed by atoms with Crippen molar-refractivity contribution in [2.24, 2.45) is 0 Å². The second-order valence-corrected chi connectivity index (χ2v) is 5.91. The minimum Gasteiger partial charge on any atom is -0.354 e. The number of hydrogen-bond acceptors (Lipinski definition) is 4. The first-order valence-corrected chi connectivity index (χ1v) is 7.86. The summed E-state index contributed by atoms with van der Waals surface area (Å²) in [6, 6.07) is 11.2. The Hall–Kier alpha value is -2.47. The standard InChI is InChI=1S/C16H15N3O2S/c20-15(17-8-7-13-5-3-9-22-13)11-19-16(21)14-6-2-1-4-12(14)10-18-19/h1-6,9-10H,7-8,11H2,(H,17,20). The Kier molecular flexibility index (Phi) is 4.29. The maximum Gasteiger partial charge on any atom is 0.275 e. The summed E-state index contributed by atoms with van der Waals surface area (Å²) >= 11 is 1.66.